The maximum atomic E-state index is 12.2. The van der Waals surface area contributed by atoms with E-state index < -0.39 is 0 Å². The summed E-state index contributed by atoms with van der Waals surface area (Å²) in [6.07, 6.45) is 5.58. The molecule has 1 amide bonds. The fraction of sp³-hybridized carbons (Fsp3) is 0.600. The summed E-state index contributed by atoms with van der Waals surface area (Å²) in [6, 6.07) is 3.37. The number of nitrogens with one attached hydrogen (secondary N) is 2. The van der Waals surface area contributed by atoms with Gasteiger partial charge < -0.3 is 14.8 Å². The number of esters is 1. The van der Waals surface area contributed by atoms with E-state index in [1.165, 1.54) is 17.5 Å². The quantitative estimate of drug-likeness (QED) is 0.658. The van der Waals surface area contributed by atoms with Crippen LogP contribution >= 0.6 is 0 Å². The van der Waals surface area contributed by atoms with Gasteiger partial charge >= 0.3 is 5.97 Å². The molecular weight excluding hydrogens is 374 g/mol. The number of carbonyl (C=O) groups is 2. The molecule has 3 atom stereocenters. The SMILES string of the molecule is C[C@H](CCC(=O)OC1COC(c2cc(NC(=O)c3ccnn3C)n[nH]2)C1)C1CC1. The van der Waals surface area contributed by atoms with Crippen LogP contribution in [0.15, 0.2) is 18.3 Å². The van der Waals surface area contributed by atoms with E-state index in [9.17, 15) is 9.59 Å². The van der Waals surface area contributed by atoms with E-state index >= 15 is 0 Å². The Morgan fingerprint density at radius 1 is 1.45 bits per heavy atom. The molecule has 0 bridgehead atoms. The first-order chi connectivity index (χ1) is 14.0. The molecule has 9 heteroatoms. The molecule has 29 heavy (non-hydrogen) atoms. The normalized spacial score (nSPS) is 22.4. The number of aryl methyl sites for hydroxylation is 1. The Morgan fingerprint density at radius 3 is 3.00 bits per heavy atom. The summed E-state index contributed by atoms with van der Waals surface area (Å²) in [5.41, 5.74) is 1.18. The van der Waals surface area contributed by atoms with E-state index in [4.69, 9.17) is 9.47 Å². The van der Waals surface area contributed by atoms with Crippen LogP contribution in [0.4, 0.5) is 5.82 Å². The van der Waals surface area contributed by atoms with E-state index in [1.54, 1.807) is 25.4 Å². The second-order valence-corrected chi connectivity index (χ2v) is 8.03. The fourth-order valence-corrected chi connectivity index (χ4v) is 3.73. The fourth-order valence-electron chi connectivity index (χ4n) is 3.73. The lowest BCUT2D eigenvalue weighted by molar-refractivity contribution is -0.149. The standard InChI is InChI=1S/C20H27N5O4/c1-12(13-4-5-13)3-6-19(26)29-14-9-17(28-11-14)15-10-18(24-23-15)22-20(27)16-7-8-21-25(16)2/h7-8,10,12-14,17H,3-6,9,11H2,1-2H3,(H2,22,23,24,27)/t12-,14?,17?/m1/s1. The molecule has 0 radical (unpaired) electrons. The van der Waals surface area contributed by atoms with Crippen molar-refractivity contribution in [2.24, 2.45) is 18.9 Å². The summed E-state index contributed by atoms with van der Waals surface area (Å²) in [6.45, 7) is 2.58. The van der Waals surface area contributed by atoms with Gasteiger partial charge in [-0.3, -0.25) is 19.4 Å². The molecule has 1 saturated heterocycles. The van der Waals surface area contributed by atoms with Gasteiger partial charge in [0.15, 0.2) is 5.82 Å². The summed E-state index contributed by atoms with van der Waals surface area (Å²) in [5, 5.41) is 13.7. The van der Waals surface area contributed by atoms with Gasteiger partial charge in [-0.15, -0.1) is 0 Å². The zero-order valence-corrected chi connectivity index (χ0v) is 16.8. The van der Waals surface area contributed by atoms with Gasteiger partial charge in [0.25, 0.3) is 5.91 Å². The van der Waals surface area contributed by atoms with E-state index in [0.29, 0.717) is 36.9 Å². The summed E-state index contributed by atoms with van der Waals surface area (Å²) in [5.74, 6) is 1.36. The molecular formula is C20H27N5O4. The maximum Gasteiger partial charge on any atom is 0.306 e. The third-order valence-electron chi connectivity index (χ3n) is 5.73. The van der Waals surface area contributed by atoms with Crippen LogP contribution in [0.25, 0.3) is 0 Å². The van der Waals surface area contributed by atoms with Gasteiger partial charge in [-0.25, -0.2) is 0 Å². The van der Waals surface area contributed by atoms with Crippen molar-refractivity contribution in [1.82, 2.24) is 20.0 Å². The average molecular weight is 401 g/mol. The molecule has 3 heterocycles. The Hall–Kier alpha value is -2.68. The first-order valence-electron chi connectivity index (χ1n) is 10.2. The number of hydrogen-bond donors (Lipinski definition) is 2. The van der Waals surface area contributed by atoms with Crippen molar-refractivity contribution < 1.29 is 19.1 Å². The molecule has 9 nitrogen and oxygen atoms in total. The molecule has 2 N–H and O–H groups in total. The molecule has 4 rings (SSSR count). The molecule has 0 aromatic carbocycles. The third kappa shape index (κ3) is 4.84. The minimum Gasteiger partial charge on any atom is -0.460 e. The number of nitrogens with zero attached hydrogens (tertiary/aromatic N) is 3. The first-order valence-corrected chi connectivity index (χ1v) is 10.2. The number of anilines is 1. The Kier molecular flexibility index (Phi) is 5.66. The van der Waals surface area contributed by atoms with Gasteiger partial charge in [0, 0.05) is 32.2 Å². The van der Waals surface area contributed by atoms with Crippen molar-refractivity contribution in [3.05, 3.63) is 29.7 Å². The topological polar surface area (TPSA) is 111 Å². The van der Waals surface area contributed by atoms with E-state index in [1.807, 2.05) is 0 Å². The Labute approximate surface area is 169 Å². The van der Waals surface area contributed by atoms with Gasteiger partial charge in [0.1, 0.15) is 17.9 Å². The smallest absolute Gasteiger partial charge is 0.306 e. The Morgan fingerprint density at radius 2 is 2.28 bits per heavy atom. The Balaban J connectivity index is 1.24. The highest BCUT2D eigenvalue weighted by atomic mass is 16.6. The molecule has 1 aliphatic carbocycles. The highest BCUT2D eigenvalue weighted by molar-refractivity contribution is 6.02. The van der Waals surface area contributed by atoms with Gasteiger partial charge in [-0.05, 0) is 37.2 Å². The van der Waals surface area contributed by atoms with Crippen LogP contribution in [-0.2, 0) is 21.3 Å². The number of hydrogen-bond acceptors (Lipinski definition) is 6. The largest absolute Gasteiger partial charge is 0.460 e. The number of aromatic nitrogens is 4. The van der Waals surface area contributed by atoms with E-state index in [-0.39, 0.29) is 24.1 Å². The summed E-state index contributed by atoms with van der Waals surface area (Å²) >= 11 is 0. The summed E-state index contributed by atoms with van der Waals surface area (Å²) in [7, 11) is 1.70. The van der Waals surface area contributed by atoms with Gasteiger partial charge in [-0.1, -0.05) is 6.92 Å². The van der Waals surface area contributed by atoms with E-state index in [2.05, 4.69) is 27.5 Å². The lowest BCUT2D eigenvalue weighted by Gasteiger charge is -2.12. The first kappa shape index (κ1) is 19.6. The summed E-state index contributed by atoms with van der Waals surface area (Å²) in [4.78, 5) is 24.3. The van der Waals surface area contributed by atoms with Gasteiger partial charge in [-0.2, -0.15) is 10.2 Å². The monoisotopic (exact) mass is 401 g/mol. The maximum absolute atomic E-state index is 12.2. The minimum absolute atomic E-state index is 0.152. The highest BCUT2D eigenvalue weighted by Gasteiger charge is 2.32. The van der Waals surface area contributed by atoms with Crippen LogP contribution in [0.2, 0.25) is 0 Å². The molecule has 2 fully saturated rings. The van der Waals surface area contributed by atoms with Crippen LogP contribution in [0.5, 0.6) is 0 Å². The number of H-pyrrole nitrogens is 1. The average Bonchev–Trinajstić information content (AvgIpc) is 3.05. The van der Waals surface area contributed by atoms with Crippen molar-refractivity contribution in [2.45, 2.75) is 51.2 Å². The van der Waals surface area contributed by atoms with Crippen LogP contribution in [-0.4, -0.2) is 44.6 Å². The zero-order valence-electron chi connectivity index (χ0n) is 16.8. The second-order valence-electron chi connectivity index (χ2n) is 8.03. The molecule has 1 saturated carbocycles. The van der Waals surface area contributed by atoms with Crippen molar-refractivity contribution in [3.63, 3.8) is 0 Å². The molecule has 2 aliphatic rings. The lowest BCUT2D eigenvalue weighted by atomic mass is 10.0. The summed E-state index contributed by atoms with van der Waals surface area (Å²) < 4.78 is 12.8. The number of amides is 1. The Bertz CT molecular complexity index is 872. The van der Waals surface area contributed by atoms with Crippen LogP contribution < -0.4 is 5.32 Å². The van der Waals surface area contributed by atoms with Crippen LogP contribution in [0.1, 0.15) is 61.3 Å². The number of ether oxygens (including phenoxy) is 2. The number of carbonyl (C=O) groups excluding carboxylic acids is 2. The highest BCUT2D eigenvalue weighted by Crippen LogP contribution is 2.38. The second kappa shape index (κ2) is 8.36. The molecule has 156 valence electrons. The van der Waals surface area contributed by atoms with Crippen LogP contribution in [0.3, 0.4) is 0 Å². The lowest BCUT2D eigenvalue weighted by Crippen LogP contribution is -2.18. The predicted octanol–water partition coefficient (Wildman–Crippen LogP) is 2.60. The molecule has 2 aromatic heterocycles. The molecule has 1 aliphatic heterocycles. The number of rotatable bonds is 8. The van der Waals surface area contributed by atoms with Crippen LogP contribution in [0, 0.1) is 11.8 Å². The van der Waals surface area contributed by atoms with Gasteiger partial charge in [0.05, 0.1) is 12.3 Å². The zero-order chi connectivity index (χ0) is 20.4. The number of aromatic amines is 1. The van der Waals surface area contributed by atoms with E-state index in [0.717, 1.165) is 18.0 Å². The van der Waals surface area contributed by atoms with Crippen molar-refractivity contribution >= 4 is 17.7 Å². The van der Waals surface area contributed by atoms with Crippen molar-refractivity contribution in [1.29, 1.82) is 0 Å². The minimum atomic E-state index is -0.289. The molecule has 0 spiro atoms. The third-order valence-corrected chi connectivity index (χ3v) is 5.73. The molecule has 2 aromatic rings. The van der Waals surface area contributed by atoms with Gasteiger partial charge in [0.2, 0.25) is 0 Å². The molecule has 2 unspecified atom stereocenters. The van der Waals surface area contributed by atoms with Crippen molar-refractivity contribution in [2.75, 3.05) is 11.9 Å². The van der Waals surface area contributed by atoms with Crippen molar-refractivity contribution in [3.8, 4) is 0 Å². The predicted molar refractivity (Wildman–Crippen MR) is 104 cm³/mol.